The molecule has 0 bridgehead atoms. The Morgan fingerprint density at radius 2 is 1.83 bits per heavy atom. The highest BCUT2D eigenvalue weighted by Gasteiger charge is 2.27. The van der Waals surface area contributed by atoms with E-state index in [1.807, 2.05) is 12.1 Å². The lowest BCUT2D eigenvalue weighted by Crippen LogP contribution is -2.29. The van der Waals surface area contributed by atoms with Gasteiger partial charge in [0.05, 0.1) is 11.5 Å². The molecule has 1 fully saturated rings. The van der Waals surface area contributed by atoms with E-state index in [4.69, 9.17) is 16.3 Å². The van der Waals surface area contributed by atoms with E-state index in [0.717, 1.165) is 12.8 Å². The average molecular weight is 437 g/mol. The third-order valence-electron chi connectivity index (χ3n) is 4.85. The number of nitrogens with zero attached hydrogens (tertiary/aromatic N) is 2. The molecule has 2 aromatic carbocycles. The number of ether oxygens (including phenoxy) is 1. The lowest BCUT2D eigenvalue weighted by molar-refractivity contribution is 0.0787. The first kappa shape index (κ1) is 21.6. The molecule has 2 aromatic rings. The van der Waals surface area contributed by atoms with Gasteiger partial charge in [-0.2, -0.15) is 4.31 Å². The summed E-state index contributed by atoms with van der Waals surface area (Å²) in [5.74, 6) is 0.541. The van der Waals surface area contributed by atoms with Crippen LogP contribution in [0.5, 0.6) is 5.75 Å². The molecule has 0 aliphatic carbocycles. The Hall–Kier alpha value is -2.09. The first-order valence-corrected chi connectivity index (χ1v) is 11.4. The smallest absolute Gasteiger partial charge is 0.253 e. The van der Waals surface area contributed by atoms with Crippen molar-refractivity contribution in [2.45, 2.75) is 24.2 Å². The van der Waals surface area contributed by atoms with Gasteiger partial charge in [-0.1, -0.05) is 17.7 Å². The second kappa shape index (κ2) is 9.61. The highest BCUT2D eigenvalue weighted by atomic mass is 35.5. The Morgan fingerprint density at radius 1 is 1.14 bits per heavy atom. The molecule has 1 saturated heterocycles. The van der Waals surface area contributed by atoms with Crippen molar-refractivity contribution in [3.63, 3.8) is 0 Å². The maximum Gasteiger partial charge on any atom is 0.253 e. The largest absolute Gasteiger partial charge is 0.493 e. The number of amides is 1. The van der Waals surface area contributed by atoms with Gasteiger partial charge in [0, 0.05) is 37.3 Å². The van der Waals surface area contributed by atoms with Crippen LogP contribution in [-0.4, -0.2) is 56.8 Å². The third-order valence-corrected chi connectivity index (χ3v) is 7.00. The zero-order valence-electron chi connectivity index (χ0n) is 16.4. The number of carbonyl (C=O) groups excluding carboxylic acids is 1. The van der Waals surface area contributed by atoms with Gasteiger partial charge in [-0.15, -0.1) is 0 Å². The van der Waals surface area contributed by atoms with E-state index < -0.39 is 10.0 Å². The summed E-state index contributed by atoms with van der Waals surface area (Å²) in [6, 6.07) is 13.3. The van der Waals surface area contributed by atoms with Gasteiger partial charge < -0.3 is 9.64 Å². The minimum Gasteiger partial charge on any atom is -0.493 e. The zero-order chi connectivity index (χ0) is 20.9. The quantitative estimate of drug-likeness (QED) is 0.592. The van der Waals surface area contributed by atoms with E-state index >= 15 is 0 Å². The van der Waals surface area contributed by atoms with Gasteiger partial charge >= 0.3 is 0 Å². The van der Waals surface area contributed by atoms with E-state index in [0.29, 0.717) is 49.0 Å². The Morgan fingerprint density at radius 3 is 2.48 bits per heavy atom. The number of hydrogen-bond acceptors (Lipinski definition) is 4. The Kier molecular flexibility index (Phi) is 7.16. The molecule has 156 valence electrons. The summed E-state index contributed by atoms with van der Waals surface area (Å²) in [6.07, 6.45) is 2.44. The molecule has 0 unspecified atom stereocenters. The van der Waals surface area contributed by atoms with Crippen molar-refractivity contribution in [2.24, 2.45) is 0 Å². The van der Waals surface area contributed by atoms with E-state index in [-0.39, 0.29) is 10.8 Å². The van der Waals surface area contributed by atoms with Crippen molar-refractivity contribution in [3.05, 3.63) is 59.1 Å². The highest BCUT2D eigenvalue weighted by molar-refractivity contribution is 7.89. The van der Waals surface area contributed by atoms with Gasteiger partial charge in [0.25, 0.3) is 5.91 Å². The minimum absolute atomic E-state index is 0.155. The molecule has 6 nitrogen and oxygen atoms in total. The lowest BCUT2D eigenvalue weighted by atomic mass is 10.2. The van der Waals surface area contributed by atoms with Gasteiger partial charge in [-0.25, -0.2) is 8.42 Å². The Labute approximate surface area is 177 Å². The van der Waals surface area contributed by atoms with Crippen LogP contribution in [0, 0.1) is 0 Å². The first-order valence-electron chi connectivity index (χ1n) is 9.62. The number of benzene rings is 2. The summed E-state index contributed by atoms with van der Waals surface area (Å²) in [7, 11) is -1.75. The number of sulfonamides is 1. The average Bonchev–Trinajstić information content (AvgIpc) is 3.26. The first-order chi connectivity index (χ1) is 13.9. The molecule has 0 atom stereocenters. The molecule has 1 aliphatic heterocycles. The van der Waals surface area contributed by atoms with Crippen LogP contribution in [0.4, 0.5) is 0 Å². The van der Waals surface area contributed by atoms with Crippen LogP contribution >= 0.6 is 11.6 Å². The van der Waals surface area contributed by atoms with E-state index in [1.165, 1.54) is 16.4 Å². The number of rotatable bonds is 8. The molecule has 8 heteroatoms. The van der Waals surface area contributed by atoms with E-state index in [2.05, 4.69) is 0 Å². The molecule has 1 aliphatic rings. The number of halogens is 1. The molecule has 1 heterocycles. The molecule has 0 radical (unpaired) electrons. The molecule has 0 aromatic heterocycles. The van der Waals surface area contributed by atoms with Crippen molar-refractivity contribution in [1.82, 2.24) is 9.21 Å². The van der Waals surface area contributed by atoms with Crippen molar-refractivity contribution in [3.8, 4) is 5.75 Å². The third kappa shape index (κ3) is 5.50. The fourth-order valence-corrected chi connectivity index (χ4v) is 4.91. The number of hydrogen-bond donors (Lipinski definition) is 0. The van der Waals surface area contributed by atoms with Crippen LogP contribution in [0.15, 0.2) is 53.4 Å². The van der Waals surface area contributed by atoms with Gasteiger partial charge in [0.2, 0.25) is 10.0 Å². The minimum atomic E-state index is -3.47. The zero-order valence-corrected chi connectivity index (χ0v) is 18.0. The van der Waals surface area contributed by atoms with E-state index in [1.54, 1.807) is 36.2 Å². The topological polar surface area (TPSA) is 66.9 Å². The molecular weight excluding hydrogens is 412 g/mol. The van der Waals surface area contributed by atoms with E-state index in [9.17, 15) is 13.2 Å². The van der Waals surface area contributed by atoms with Crippen LogP contribution in [0.3, 0.4) is 0 Å². The molecule has 0 N–H and O–H groups in total. The van der Waals surface area contributed by atoms with Crippen molar-refractivity contribution in [1.29, 1.82) is 0 Å². The monoisotopic (exact) mass is 436 g/mol. The molecule has 1 amide bonds. The second-order valence-corrected chi connectivity index (χ2v) is 9.40. The van der Waals surface area contributed by atoms with Crippen LogP contribution in [0.2, 0.25) is 5.02 Å². The summed E-state index contributed by atoms with van der Waals surface area (Å²) in [6.45, 7) is 2.10. The standard InChI is InChI=1S/C21H25ClN2O4S/c1-23(12-5-15-28-19-7-4-6-18(22)16-19)21(25)17-8-10-20(11-9-17)29(26,27)24-13-2-3-14-24/h4,6-11,16H,2-3,5,12-15H2,1H3. The summed E-state index contributed by atoms with van der Waals surface area (Å²) in [5.41, 5.74) is 0.462. The predicted octanol–water partition coefficient (Wildman–Crippen LogP) is 3.67. The second-order valence-electron chi connectivity index (χ2n) is 7.02. The number of carbonyl (C=O) groups is 1. The van der Waals surface area contributed by atoms with Gasteiger partial charge in [-0.05, 0) is 61.7 Å². The Bertz CT molecular complexity index is 941. The maximum absolute atomic E-state index is 12.6. The predicted molar refractivity (Wildman–Crippen MR) is 113 cm³/mol. The lowest BCUT2D eigenvalue weighted by Gasteiger charge is -2.18. The van der Waals surface area contributed by atoms with Gasteiger partial charge in [0.1, 0.15) is 5.75 Å². The van der Waals surface area contributed by atoms with Crippen LogP contribution < -0.4 is 4.74 Å². The molecule has 0 spiro atoms. The fraction of sp³-hybridized carbons (Fsp3) is 0.381. The van der Waals surface area contributed by atoms with Crippen molar-refractivity contribution in [2.75, 3.05) is 33.3 Å². The van der Waals surface area contributed by atoms with Crippen LogP contribution in [0.25, 0.3) is 0 Å². The normalized spacial score (nSPS) is 14.7. The van der Waals surface area contributed by atoms with Gasteiger partial charge in [0.15, 0.2) is 0 Å². The Balaban J connectivity index is 1.51. The van der Waals surface area contributed by atoms with Crippen molar-refractivity contribution >= 4 is 27.5 Å². The fourth-order valence-electron chi connectivity index (χ4n) is 3.22. The summed E-state index contributed by atoms with van der Waals surface area (Å²) >= 11 is 5.92. The summed E-state index contributed by atoms with van der Waals surface area (Å²) < 4.78 is 32.3. The van der Waals surface area contributed by atoms with Gasteiger partial charge in [-0.3, -0.25) is 4.79 Å². The summed E-state index contributed by atoms with van der Waals surface area (Å²) in [4.78, 5) is 14.4. The SMILES string of the molecule is CN(CCCOc1cccc(Cl)c1)C(=O)c1ccc(S(=O)(=O)N2CCCC2)cc1. The highest BCUT2D eigenvalue weighted by Crippen LogP contribution is 2.21. The van der Waals surface area contributed by atoms with Crippen LogP contribution in [-0.2, 0) is 10.0 Å². The molecule has 0 saturated carbocycles. The molecule has 3 rings (SSSR count). The van der Waals surface area contributed by atoms with Crippen LogP contribution in [0.1, 0.15) is 29.6 Å². The summed E-state index contributed by atoms with van der Waals surface area (Å²) in [5, 5.41) is 0.616. The maximum atomic E-state index is 12.6. The molecule has 29 heavy (non-hydrogen) atoms. The molecular formula is C21H25ClN2O4S. The van der Waals surface area contributed by atoms with Crippen molar-refractivity contribution < 1.29 is 17.9 Å².